The van der Waals surface area contributed by atoms with E-state index >= 15 is 0 Å². The molecule has 210 valence electrons. The number of sulfonamides is 1. The first kappa shape index (κ1) is 31.0. The number of hydrogen-bond acceptors (Lipinski definition) is 6. The third-order valence-electron chi connectivity index (χ3n) is 6.72. The summed E-state index contributed by atoms with van der Waals surface area (Å²) in [5, 5.41) is 10.4. The van der Waals surface area contributed by atoms with Crippen molar-refractivity contribution in [2.75, 3.05) is 52.4 Å². The van der Waals surface area contributed by atoms with Crippen LogP contribution in [0.2, 0.25) is 0 Å². The molecule has 2 saturated heterocycles. The summed E-state index contributed by atoms with van der Waals surface area (Å²) in [7, 11) is -3.75. The highest BCUT2D eigenvalue weighted by molar-refractivity contribution is 7.89. The van der Waals surface area contributed by atoms with Gasteiger partial charge >= 0.3 is 12.1 Å². The molecule has 2 aliphatic rings. The summed E-state index contributed by atoms with van der Waals surface area (Å²) >= 11 is 0. The predicted octanol–water partition coefficient (Wildman–Crippen LogP) is 2.23. The molecule has 3 rings (SSSR count). The van der Waals surface area contributed by atoms with Crippen LogP contribution in [0.1, 0.15) is 37.3 Å². The summed E-state index contributed by atoms with van der Waals surface area (Å²) in [6.45, 7) is 10.7. The first-order valence-corrected chi connectivity index (χ1v) is 13.8. The molecule has 2 fully saturated rings. The molecule has 0 bridgehead atoms. The van der Waals surface area contributed by atoms with Crippen LogP contribution in [-0.4, -0.2) is 104 Å². The minimum atomic E-state index is -5.08. The van der Waals surface area contributed by atoms with Crippen molar-refractivity contribution in [2.45, 2.75) is 57.1 Å². The molecule has 0 aliphatic carbocycles. The quantitative estimate of drug-likeness (QED) is 0.536. The van der Waals surface area contributed by atoms with Crippen molar-refractivity contribution >= 4 is 21.9 Å². The number of carbonyl (C=O) groups is 2. The van der Waals surface area contributed by atoms with Crippen LogP contribution >= 0.6 is 0 Å². The molecule has 1 amide bonds. The van der Waals surface area contributed by atoms with Crippen LogP contribution in [-0.2, 0) is 19.6 Å². The number of hydrogen-bond donors (Lipinski definition) is 2. The molecule has 2 aliphatic heterocycles. The molecule has 1 atom stereocenters. The van der Waals surface area contributed by atoms with Gasteiger partial charge in [-0.15, -0.1) is 0 Å². The number of likely N-dealkylation sites (tertiary alicyclic amines) is 1. The zero-order chi connectivity index (χ0) is 27.8. The lowest BCUT2D eigenvalue weighted by Gasteiger charge is -2.35. The van der Waals surface area contributed by atoms with Gasteiger partial charge in [-0.2, -0.15) is 17.5 Å². The predicted molar refractivity (Wildman–Crippen MR) is 133 cm³/mol. The molecule has 1 aromatic carbocycles. The Labute approximate surface area is 216 Å². The molecule has 0 aromatic heterocycles. The van der Waals surface area contributed by atoms with Gasteiger partial charge in [0.1, 0.15) is 0 Å². The number of alkyl halides is 3. The number of halogens is 3. The normalized spacial score (nSPS) is 19.3. The van der Waals surface area contributed by atoms with E-state index in [4.69, 9.17) is 9.90 Å². The van der Waals surface area contributed by atoms with Crippen LogP contribution in [0.3, 0.4) is 0 Å². The number of piperidine rings is 1. The van der Waals surface area contributed by atoms with Gasteiger partial charge in [0.05, 0.1) is 11.4 Å². The van der Waals surface area contributed by atoms with Crippen LogP contribution in [0.5, 0.6) is 0 Å². The number of nitrogens with zero attached hydrogens (tertiary/aromatic N) is 3. The third-order valence-corrected chi connectivity index (χ3v) is 8.56. The van der Waals surface area contributed by atoms with E-state index in [0.29, 0.717) is 32.2 Å². The molecule has 0 spiro atoms. The summed E-state index contributed by atoms with van der Waals surface area (Å²) in [5.74, 6) is -2.87. The second kappa shape index (κ2) is 13.5. The third kappa shape index (κ3) is 9.24. The number of rotatable bonds is 7. The maximum Gasteiger partial charge on any atom is 0.490 e. The molecule has 37 heavy (non-hydrogen) atoms. The summed E-state index contributed by atoms with van der Waals surface area (Å²) in [5.41, 5.74) is 1.99. The van der Waals surface area contributed by atoms with Gasteiger partial charge in [-0.25, -0.2) is 13.2 Å². The van der Waals surface area contributed by atoms with Crippen LogP contribution in [0.4, 0.5) is 13.2 Å². The highest BCUT2D eigenvalue weighted by Gasteiger charge is 2.38. The topological polar surface area (TPSA) is 110 Å². The van der Waals surface area contributed by atoms with Gasteiger partial charge in [0.25, 0.3) is 0 Å². The summed E-state index contributed by atoms with van der Waals surface area (Å²) in [4.78, 5) is 26.2. The number of piperazine rings is 1. The van der Waals surface area contributed by atoms with Gasteiger partial charge in [0, 0.05) is 45.3 Å². The number of aliphatic carboxylic acids is 1. The van der Waals surface area contributed by atoms with E-state index in [1.54, 1.807) is 17.0 Å². The Kier molecular flexibility index (Phi) is 11.3. The Bertz CT molecular complexity index is 1030. The monoisotopic (exact) mass is 550 g/mol. The number of benzene rings is 1. The van der Waals surface area contributed by atoms with Crippen LogP contribution < -0.4 is 5.32 Å². The summed E-state index contributed by atoms with van der Waals surface area (Å²) in [6.07, 6.45) is -1.57. The fourth-order valence-corrected chi connectivity index (χ4v) is 5.67. The van der Waals surface area contributed by atoms with Gasteiger partial charge in [0.2, 0.25) is 15.9 Å². The van der Waals surface area contributed by atoms with Crippen molar-refractivity contribution in [3.8, 4) is 0 Å². The lowest BCUT2D eigenvalue weighted by Crippen LogP contribution is -2.51. The molecule has 0 saturated carbocycles. The van der Waals surface area contributed by atoms with Crippen molar-refractivity contribution < 1.29 is 36.3 Å². The van der Waals surface area contributed by atoms with Crippen molar-refractivity contribution in [1.82, 2.24) is 19.4 Å². The SMILES string of the molecule is Cc1ccc(S(=O)(=O)N(CCN2CCCCC2C)CC(=O)N2CCNCC2)cc1C.O=C(O)C(F)(F)F. The smallest absolute Gasteiger partial charge is 0.475 e. The van der Waals surface area contributed by atoms with E-state index in [9.17, 15) is 26.4 Å². The minimum absolute atomic E-state index is 0.0997. The molecule has 2 heterocycles. The Morgan fingerprint density at radius 3 is 2.27 bits per heavy atom. The van der Waals surface area contributed by atoms with Crippen molar-refractivity contribution in [2.24, 2.45) is 0 Å². The van der Waals surface area contributed by atoms with E-state index < -0.39 is 22.2 Å². The average Bonchev–Trinajstić information content (AvgIpc) is 2.84. The highest BCUT2D eigenvalue weighted by atomic mass is 32.2. The van der Waals surface area contributed by atoms with E-state index in [1.165, 1.54) is 10.7 Å². The zero-order valence-corrected chi connectivity index (χ0v) is 22.4. The van der Waals surface area contributed by atoms with Gasteiger partial charge in [0.15, 0.2) is 0 Å². The first-order valence-electron chi connectivity index (χ1n) is 12.3. The van der Waals surface area contributed by atoms with Gasteiger partial charge in [-0.3, -0.25) is 9.69 Å². The Balaban J connectivity index is 0.000000604. The van der Waals surface area contributed by atoms with Gasteiger partial charge in [-0.1, -0.05) is 12.5 Å². The van der Waals surface area contributed by atoms with Crippen molar-refractivity contribution in [3.05, 3.63) is 29.3 Å². The van der Waals surface area contributed by atoms with E-state index in [1.807, 2.05) is 19.9 Å². The average molecular weight is 551 g/mol. The second-order valence-electron chi connectivity index (χ2n) is 9.40. The van der Waals surface area contributed by atoms with Crippen molar-refractivity contribution in [3.63, 3.8) is 0 Å². The standard InChI is InChI=1S/C22H36N4O3S.C2HF3O2/c1-18-7-8-21(16-19(18)2)30(28,29)26(15-14-24-11-5-4-6-20(24)3)17-22(27)25-12-9-23-10-13-25;3-2(4,5)1(6)7/h7-8,16,20,23H,4-6,9-15,17H2,1-3H3;(H,6,7). The minimum Gasteiger partial charge on any atom is -0.475 e. The Morgan fingerprint density at radius 1 is 1.11 bits per heavy atom. The van der Waals surface area contributed by atoms with Crippen LogP contribution in [0, 0.1) is 13.8 Å². The highest BCUT2D eigenvalue weighted by Crippen LogP contribution is 2.21. The molecule has 1 aromatic rings. The Hall–Kier alpha value is -2.22. The fraction of sp³-hybridized carbons (Fsp3) is 0.667. The number of carbonyl (C=O) groups excluding carboxylic acids is 1. The fourth-order valence-electron chi connectivity index (χ4n) is 4.20. The van der Waals surface area contributed by atoms with E-state index in [-0.39, 0.29) is 17.3 Å². The summed E-state index contributed by atoms with van der Waals surface area (Å²) in [6, 6.07) is 5.67. The largest absolute Gasteiger partial charge is 0.490 e. The maximum atomic E-state index is 13.5. The number of amides is 1. The van der Waals surface area contributed by atoms with Crippen LogP contribution in [0.25, 0.3) is 0 Å². The lowest BCUT2D eigenvalue weighted by atomic mass is 10.0. The lowest BCUT2D eigenvalue weighted by molar-refractivity contribution is -0.192. The van der Waals surface area contributed by atoms with Crippen molar-refractivity contribution in [1.29, 1.82) is 0 Å². The molecule has 2 N–H and O–H groups in total. The summed E-state index contributed by atoms with van der Waals surface area (Å²) < 4.78 is 60.1. The number of carboxylic acid groups (broad SMARTS) is 1. The van der Waals surface area contributed by atoms with Crippen LogP contribution in [0.15, 0.2) is 23.1 Å². The first-order chi connectivity index (χ1) is 17.2. The molecule has 13 heteroatoms. The molecular weight excluding hydrogens is 513 g/mol. The molecule has 1 unspecified atom stereocenters. The maximum absolute atomic E-state index is 13.5. The van der Waals surface area contributed by atoms with E-state index in [0.717, 1.165) is 43.6 Å². The van der Waals surface area contributed by atoms with E-state index in [2.05, 4.69) is 17.1 Å². The second-order valence-corrected chi connectivity index (χ2v) is 11.3. The Morgan fingerprint density at radius 2 is 1.73 bits per heavy atom. The molecular formula is C24H37F3N4O5S. The van der Waals surface area contributed by atoms with Gasteiger partial charge in [-0.05, 0) is 63.4 Å². The zero-order valence-electron chi connectivity index (χ0n) is 21.6. The van der Waals surface area contributed by atoms with Gasteiger partial charge < -0.3 is 15.3 Å². The number of nitrogens with one attached hydrogen (secondary N) is 1. The number of carboxylic acids is 1. The molecule has 9 nitrogen and oxygen atoms in total. The number of aryl methyl sites for hydroxylation is 2. The molecule has 0 radical (unpaired) electrons.